The highest BCUT2D eigenvalue weighted by Crippen LogP contribution is 2.19. The van der Waals surface area contributed by atoms with Gasteiger partial charge in [0.05, 0.1) is 0 Å². The second-order valence-electron chi connectivity index (χ2n) is 6.36. The first kappa shape index (κ1) is 18.7. The van der Waals surface area contributed by atoms with Crippen molar-refractivity contribution < 1.29 is 5.11 Å². The fraction of sp³-hybridized carbons (Fsp3) is 0.429. The van der Waals surface area contributed by atoms with Gasteiger partial charge in [-0.2, -0.15) is 0 Å². The second-order valence-corrected chi connectivity index (χ2v) is 6.36. The van der Waals surface area contributed by atoms with Crippen molar-refractivity contribution in [2.24, 2.45) is 5.92 Å². The third-order valence-electron chi connectivity index (χ3n) is 4.72. The van der Waals surface area contributed by atoms with Crippen LogP contribution in [0.4, 0.5) is 0 Å². The molecule has 1 aromatic rings. The zero-order valence-electron chi connectivity index (χ0n) is 14.7. The summed E-state index contributed by atoms with van der Waals surface area (Å²) in [6.07, 6.45) is 7.11. The van der Waals surface area contributed by atoms with E-state index in [2.05, 4.69) is 48.0 Å². The summed E-state index contributed by atoms with van der Waals surface area (Å²) < 4.78 is 0. The summed E-state index contributed by atoms with van der Waals surface area (Å²) in [5.74, 6) is 0.220. The van der Waals surface area contributed by atoms with E-state index < -0.39 is 0 Å². The summed E-state index contributed by atoms with van der Waals surface area (Å²) in [6, 6.07) is 10.3. The fourth-order valence-corrected chi connectivity index (χ4v) is 3.01. The molecular formula is C21H30N2O. The second kappa shape index (κ2) is 10.2. The number of piperazine rings is 1. The highest BCUT2D eigenvalue weighted by Gasteiger charge is 2.14. The van der Waals surface area contributed by atoms with Gasteiger partial charge in [-0.25, -0.2) is 0 Å². The average molecular weight is 326 g/mol. The Hall–Kier alpha value is -1.68. The summed E-state index contributed by atoms with van der Waals surface area (Å²) in [7, 11) is 0. The first-order valence-corrected chi connectivity index (χ1v) is 8.85. The molecule has 1 saturated heterocycles. The van der Waals surface area contributed by atoms with Crippen LogP contribution in [0.2, 0.25) is 0 Å². The lowest BCUT2D eigenvalue weighted by Gasteiger charge is -2.28. The molecule has 0 saturated carbocycles. The van der Waals surface area contributed by atoms with E-state index in [1.165, 1.54) is 5.57 Å². The summed E-state index contributed by atoms with van der Waals surface area (Å²) in [5, 5.41) is 13.1. The minimum atomic E-state index is 0.205. The molecule has 1 heterocycles. The maximum absolute atomic E-state index is 9.75. The van der Waals surface area contributed by atoms with Crippen LogP contribution in [0.3, 0.4) is 0 Å². The smallest absolute Gasteiger partial charge is 0.0496 e. The quantitative estimate of drug-likeness (QED) is 0.721. The molecule has 1 fully saturated rings. The molecule has 0 bridgehead atoms. The third-order valence-corrected chi connectivity index (χ3v) is 4.72. The number of hydrogen-bond donors (Lipinski definition) is 2. The molecule has 2 rings (SSSR count). The Bertz CT molecular complexity index is 556. The fourth-order valence-electron chi connectivity index (χ4n) is 3.01. The van der Waals surface area contributed by atoms with Crippen molar-refractivity contribution in [2.45, 2.75) is 13.3 Å². The van der Waals surface area contributed by atoms with Gasteiger partial charge in [-0.3, -0.25) is 0 Å². The number of rotatable bonds is 8. The molecule has 2 N–H and O–H groups in total. The highest BCUT2D eigenvalue weighted by atomic mass is 16.3. The third kappa shape index (κ3) is 5.75. The van der Waals surface area contributed by atoms with Crippen molar-refractivity contribution in [3.05, 3.63) is 66.3 Å². The molecule has 1 aromatic carbocycles. The maximum Gasteiger partial charge on any atom is 0.0496 e. The molecule has 0 aromatic heterocycles. The first-order valence-electron chi connectivity index (χ1n) is 8.85. The largest absolute Gasteiger partial charge is 0.396 e. The standard InChI is InChI=1S/C21H30N2O/c1-3-19(20-7-5-4-6-8-20)10-9-18(2)21(17-24)11-14-23-15-12-22-13-16-23/h3-10,21-22,24H,1,11-17H2,2H3. The van der Waals surface area contributed by atoms with Gasteiger partial charge in [0.15, 0.2) is 0 Å². The van der Waals surface area contributed by atoms with Gasteiger partial charge in [0, 0.05) is 38.7 Å². The van der Waals surface area contributed by atoms with Gasteiger partial charge in [0.25, 0.3) is 0 Å². The van der Waals surface area contributed by atoms with Crippen molar-refractivity contribution in [2.75, 3.05) is 39.3 Å². The molecule has 0 radical (unpaired) electrons. The van der Waals surface area contributed by atoms with E-state index in [9.17, 15) is 5.11 Å². The van der Waals surface area contributed by atoms with Crippen molar-refractivity contribution in [3.8, 4) is 0 Å². The van der Waals surface area contributed by atoms with Crippen molar-refractivity contribution in [1.29, 1.82) is 0 Å². The van der Waals surface area contributed by atoms with Crippen LogP contribution in [0.1, 0.15) is 18.9 Å². The highest BCUT2D eigenvalue weighted by molar-refractivity contribution is 5.74. The normalized spacial score (nSPS) is 18.4. The van der Waals surface area contributed by atoms with Gasteiger partial charge < -0.3 is 15.3 Å². The first-order chi connectivity index (χ1) is 11.7. The molecule has 0 amide bonds. The van der Waals surface area contributed by atoms with Crippen LogP contribution in [-0.2, 0) is 0 Å². The van der Waals surface area contributed by atoms with Crippen LogP contribution in [0, 0.1) is 5.92 Å². The number of benzene rings is 1. The Kier molecular flexibility index (Phi) is 7.96. The Labute approximate surface area is 146 Å². The van der Waals surface area contributed by atoms with E-state index in [1.54, 1.807) is 0 Å². The zero-order valence-corrected chi connectivity index (χ0v) is 14.7. The lowest BCUT2D eigenvalue weighted by Crippen LogP contribution is -2.44. The van der Waals surface area contributed by atoms with E-state index in [0.29, 0.717) is 0 Å². The summed E-state index contributed by atoms with van der Waals surface area (Å²) >= 11 is 0. The van der Waals surface area contributed by atoms with Crippen LogP contribution in [0.15, 0.2) is 60.7 Å². The molecule has 1 atom stereocenters. The molecule has 130 valence electrons. The van der Waals surface area contributed by atoms with Crippen LogP contribution >= 0.6 is 0 Å². The number of aliphatic hydroxyl groups is 1. The Balaban J connectivity index is 1.97. The van der Waals surface area contributed by atoms with Gasteiger partial charge >= 0.3 is 0 Å². The van der Waals surface area contributed by atoms with Gasteiger partial charge in [-0.05, 0) is 31.0 Å². The van der Waals surface area contributed by atoms with Crippen LogP contribution in [0.5, 0.6) is 0 Å². The monoisotopic (exact) mass is 326 g/mol. The Morgan fingerprint density at radius 3 is 2.58 bits per heavy atom. The van der Waals surface area contributed by atoms with Gasteiger partial charge in [-0.15, -0.1) is 0 Å². The minimum Gasteiger partial charge on any atom is -0.396 e. The number of allylic oxidation sites excluding steroid dienone is 4. The Morgan fingerprint density at radius 2 is 1.96 bits per heavy atom. The summed E-state index contributed by atoms with van der Waals surface area (Å²) in [4.78, 5) is 2.47. The minimum absolute atomic E-state index is 0.205. The summed E-state index contributed by atoms with van der Waals surface area (Å²) in [6.45, 7) is 11.6. The Morgan fingerprint density at radius 1 is 1.25 bits per heavy atom. The van der Waals surface area contributed by atoms with E-state index >= 15 is 0 Å². The van der Waals surface area contributed by atoms with E-state index in [-0.39, 0.29) is 12.5 Å². The molecule has 3 nitrogen and oxygen atoms in total. The maximum atomic E-state index is 9.75. The van der Waals surface area contributed by atoms with E-state index in [0.717, 1.165) is 50.3 Å². The predicted molar refractivity (Wildman–Crippen MR) is 103 cm³/mol. The van der Waals surface area contributed by atoms with Crippen molar-refractivity contribution >= 4 is 5.57 Å². The molecule has 1 unspecified atom stereocenters. The lowest BCUT2D eigenvalue weighted by molar-refractivity contribution is 0.195. The molecule has 24 heavy (non-hydrogen) atoms. The van der Waals surface area contributed by atoms with Gasteiger partial charge in [0.1, 0.15) is 0 Å². The zero-order chi connectivity index (χ0) is 17.2. The number of nitrogens with one attached hydrogen (secondary N) is 1. The molecule has 0 spiro atoms. The van der Waals surface area contributed by atoms with E-state index in [1.807, 2.05) is 24.3 Å². The average Bonchev–Trinajstić information content (AvgIpc) is 2.64. The lowest BCUT2D eigenvalue weighted by atomic mass is 9.96. The molecule has 1 aliphatic rings. The molecule has 0 aliphatic carbocycles. The van der Waals surface area contributed by atoms with E-state index in [4.69, 9.17) is 0 Å². The van der Waals surface area contributed by atoms with Gasteiger partial charge in [0.2, 0.25) is 0 Å². The topological polar surface area (TPSA) is 35.5 Å². The number of hydrogen-bond acceptors (Lipinski definition) is 3. The van der Waals surface area contributed by atoms with Crippen LogP contribution in [0.25, 0.3) is 5.57 Å². The van der Waals surface area contributed by atoms with Crippen LogP contribution < -0.4 is 5.32 Å². The molecule has 1 aliphatic heterocycles. The van der Waals surface area contributed by atoms with Crippen molar-refractivity contribution in [1.82, 2.24) is 10.2 Å². The van der Waals surface area contributed by atoms with Gasteiger partial charge in [-0.1, -0.05) is 60.7 Å². The van der Waals surface area contributed by atoms with Crippen molar-refractivity contribution in [3.63, 3.8) is 0 Å². The predicted octanol–water partition coefficient (Wildman–Crippen LogP) is 3.11. The SMILES string of the molecule is C=CC(=CC=C(C)C(CO)CCN1CCNCC1)c1ccccc1. The molecule has 3 heteroatoms. The summed E-state index contributed by atoms with van der Waals surface area (Å²) in [5.41, 5.74) is 3.49. The number of aliphatic hydroxyl groups excluding tert-OH is 1. The van der Waals surface area contributed by atoms with Crippen LogP contribution in [-0.4, -0.2) is 49.3 Å². The molecular weight excluding hydrogens is 296 g/mol. The number of nitrogens with zero attached hydrogens (tertiary/aromatic N) is 1.